The Morgan fingerprint density at radius 1 is 1.24 bits per heavy atom. The number of piperidine rings is 2. The van der Waals surface area contributed by atoms with Gasteiger partial charge in [0, 0.05) is 31.7 Å². The molecule has 0 saturated carbocycles. The number of hydrogen-bond acceptors (Lipinski definition) is 4. The van der Waals surface area contributed by atoms with Crippen molar-refractivity contribution in [2.75, 3.05) is 34.2 Å². The zero-order chi connectivity index (χ0) is 15.5. The van der Waals surface area contributed by atoms with Gasteiger partial charge in [0.2, 0.25) is 0 Å². The fourth-order valence-corrected chi connectivity index (χ4v) is 4.77. The Morgan fingerprint density at radius 2 is 1.86 bits per heavy atom. The normalized spacial score (nSPS) is 30.8. The van der Waals surface area contributed by atoms with Gasteiger partial charge in [0.15, 0.2) is 0 Å². The minimum absolute atomic E-state index is 0.0910. The van der Waals surface area contributed by atoms with Crippen LogP contribution in [0.2, 0.25) is 0 Å². The Labute approximate surface area is 129 Å². The number of fused-ring (bicyclic) bond motifs is 2. The van der Waals surface area contributed by atoms with E-state index >= 15 is 0 Å². The average molecular weight is 318 g/mol. The average Bonchev–Trinajstić information content (AvgIpc) is 2.40. The first kappa shape index (κ1) is 17.1. The van der Waals surface area contributed by atoms with Gasteiger partial charge >= 0.3 is 0 Å². The second kappa shape index (κ2) is 7.37. The molecule has 0 radical (unpaired) electrons. The van der Waals surface area contributed by atoms with E-state index in [2.05, 4.69) is 22.0 Å². The quantitative estimate of drug-likeness (QED) is 0.666. The lowest BCUT2D eigenvalue weighted by molar-refractivity contribution is 0.0533. The summed E-state index contributed by atoms with van der Waals surface area (Å²) >= 11 is 0. The van der Waals surface area contributed by atoms with Crippen molar-refractivity contribution in [1.29, 1.82) is 0 Å². The maximum atomic E-state index is 12.4. The van der Waals surface area contributed by atoms with Gasteiger partial charge in [-0.3, -0.25) is 0 Å². The molecule has 2 saturated heterocycles. The van der Waals surface area contributed by atoms with E-state index in [1.54, 1.807) is 7.05 Å². The lowest BCUT2D eigenvalue weighted by Crippen LogP contribution is -2.56. The molecule has 2 rings (SSSR count). The fraction of sp³-hybridized carbons (Fsp3) is 1.00. The van der Waals surface area contributed by atoms with Gasteiger partial charge in [0.25, 0.3) is 10.2 Å². The summed E-state index contributed by atoms with van der Waals surface area (Å²) in [5.41, 5.74) is 0. The molecule has 2 unspecified atom stereocenters. The van der Waals surface area contributed by atoms with Crippen LogP contribution in [0.4, 0.5) is 0 Å². The molecule has 2 N–H and O–H groups in total. The maximum absolute atomic E-state index is 12.4. The Kier molecular flexibility index (Phi) is 6.02. The van der Waals surface area contributed by atoms with Crippen molar-refractivity contribution in [2.24, 2.45) is 0 Å². The molecule has 2 fully saturated rings. The van der Waals surface area contributed by atoms with Crippen LogP contribution in [0.25, 0.3) is 0 Å². The van der Waals surface area contributed by atoms with Crippen molar-refractivity contribution in [2.45, 2.75) is 56.7 Å². The Hall–Kier alpha value is -0.210. The highest BCUT2D eigenvalue weighted by molar-refractivity contribution is 7.87. The number of rotatable bonds is 7. The summed E-state index contributed by atoms with van der Waals surface area (Å²) < 4.78 is 29.1. The minimum atomic E-state index is -3.35. The third kappa shape index (κ3) is 4.39. The van der Waals surface area contributed by atoms with E-state index in [1.165, 1.54) is 23.6 Å². The smallest absolute Gasteiger partial charge is 0.279 e. The molecule has 0 aliphatic carbocycles. The minimum Gasteiger partial charge on any atom is -0.320 e. The summed E-state index contributed by atoms with van der Waals surface area (Å²) in [5, 5.41) is 3.04. The third-order valence-corrected chi connectivity index (χ3v) is 6.60. The fourth-order valence-electron chi connectivity index (χ4n) is 3.61. The topological polar surface area (TPSA) is 64.7 Å². The van der Waals surface area contributed by atoms with Crippen molar-refractivity contribution in [1.82, 2.24) is 19.2 Å². The van der Waals surface area contributed by atoms with Crippen LogP contribution >= 0.6 is 0 Å². The van der Waals surface area contributed by atoms with E-state index in [9.17, 15) is 8.42 Å². The first-order chi connectivity index (χ1) is 9.94. The molecule has 6 nitrogen and oxygen atoms in total. The monoisotopic (exact) mass is 318 g/mol. The molecular weight excluding hydrogens is 288 g/mol. The molecule has 0 spiro atoms. The molecule has 2 atom stereocenters. The van der Waals surface area contributed by atoms with Crippen LogP contribution in [0.15, 0.2) is 0 Å². The van der Waals surface area contributed by atoms with Crippen LogP contribution in [0, 0.1) is 0 Å². The van der Waals surface area contributed by atoms with Gasteiger partial charge in [-0.1, -0.05) is 6.42 Å². The van der Waals surface area contributed by atoms with E-state index < -0.39 is 10.2 Å². The van der Waals surface area contributed by atoms with Crippen LogP contribution in [0.5, 0.6) is 0 Å². The highest BCUT2D eigenvalue weighted by atomic mass is 32.2. The Morgan fingerprint density at radius 3 is 2.43 bits per heavy atom. The van der Waals surface area contributed by atoms with Crippen LogP contribution in [-0.2, 0) is 10.2 Å². The van der Waals surface area contributed by atoms with Gasteiger partial charge < -0.3 is 10.2 Å². The highest BCUT2D eigenvalue weighted by Crippen LogP contribution is 2.32. The van der Waals surface area contributed by atoms with Gasteiger partial charge in [-0.15, -0.1) is 0 Å². The number of hydrogen-bond donors (Lipinski definition) is 2. The second-order valence-corrected chi connectivity index (χ2v) is 8.28. The van der Waals surface area contributed by atoms with Gasteiger partial charge in [0.1, 0.15) is 0 Å². The van der Waals surface area contributed by atoms with Crippen molar-refractivity contribution >= 4 is 10.2 Å². The highest BCUT2D eigenvalue weighted by Gasteiger charge is 2.37. The van der Waals surface area contributed by atoms with Crippen LogP contribution in [0.1, 0.15) is 38.5 Å². The standard InChI is InChI=1S/C14H30N4O2S/c1-15-8-5-9-17(2)21(19,20)16-12-10-13-6-4-7-14(11-12)18(13)3/h12-16H,4-11H2,1-3H3. The van der Waals surface area contributed by atoms with E-state index in [0.29, 0.717) is 18.6 Å². The Bertz CT molecular complexity index is 415. The molecular formula is C14H30N4O2S. The first-order valence-corrected chi connectivity index (χ1v) is 9.48. The molecule has 2 heterocycles. The molecule has 0 aromatic heterocycles. The lowest BCUT2D eigenvalue weighted by atomic mass is 9.83. The zero-order valence-corrected chi connectivity index (χ0v) is 14.3. The molecule has 21 heavy (non-hydrogen) atoms. The predicted molar refractivity (Wildman–Crippen MR) is 85.4 cm³/mol. The van der Waals surface area contributed by atoms with Gasteiger partial charge in [-0.25, -0.2) is 0 Å². The SMILES string of the molecule is CNCCCN(C)S(=O)(=O)NC1CC2CCCC(C1)N2C. The van der Waals surface area contributed by atoms with Crippen molar-refractivity contribution in [3.8, 4) is 0 Å². The van der Waals surface area contributed by atoms with E-state index in [-0.39, 0.29) is 6.04 Å². The largest absolute Gasteiger partial charge is 0.320 e. The van der Waals surface area contributed by atoms with E-state index in [1.807, 2.05) is 7.05 Å². The molecule has 7 heteroatoms. The molecule has 124 valence electrons. The summed E-state index contributed by atoms with van der Waals surface area (Å²) in [5.74, 6) is 0. The number of nitrogens with zero attached hydrogens (tertiary/aromatic N) is 2. The molecule has 2 aliphatic rings. The van der Waals surface area contributed by atoms with Crippen molar-refractivity contribution < 1.29 is 8.42 Å². The molecule has 0 aromatic rings. The first-order valence-electron chi connectivity index (χ1n) is 8.04. The van der Waals surface area contributed by atoms with Gasteiger partial charge in [-0.2, -0.15) is 17.4 Å². The van der Waals surface area contributed by atoms with Crippen LogP contribution in [-0.4, -0.2) is 70.0 Å². The molecule has 2 bridgehead atoms. The summed E-state index contributed by atoms with van der Waals surface area (Å²) in [6, 6.07) is 1.17. The number of nitrogens with one attached hydrogen (secondary N) is 2. The van der Waals surface area contributed by atoms with E-state index in [0.717, 1.165) is 25.8 Å². The summed E-state index contributed by atoms with van der Waals surface area (Å²) in [7, 11) is 2.37. The van der Waals surface area contributed by atoms with Gasteiger partial charge in [0.05, 0.1) is 0 Å². The molecule has 2 aliphatic heterocycles. The second-order valence-electron chi connectivity index (χ2n) is 6.47. The molecule has 0 amide bonds. The maximum Gasteiger partial charge on any atom is 0.279 e. The van der Waals surface area contributed by atoms with Crippen molar-refractivity contribution in [3.63, 3.8) is 0 Å². The van der Waals surface area contributed by atoms with Crippen molar-refractivity contribution in [3.05, 3.63) is 0 Å². The van der Waals surface area contributed by atoms with E-state index in [4.69, 9.17) is 0 Å². The lowest BCUT2D eigenvalue weighted by Gasteiger charge is -2.47. The van der Waals surface area contributed by atoms with Crippen LogP contribution in [0.3, 0.4) is 0 Å². The summed E-state index contributed by atoms with van der Waals surface area (Å²) in [6.45, 7) is 1.38. The van der Waals surface area contributed by atoms with Crippen LogP contribution < -0.4 is 10.0 Å². The summed E-state index contributed by atoms with van der Waals surface area (Å²) in [6.07, 6.45) is 6.38. The third-order valence-electron chi connectivity index (χ3n) is 4.97. The van der Waals surface area contributed by atoms with Gasteiger partial charge in [-0.05, 0) is 52.7 Å². The summed E-state index contributed by atoms with van der Waals surface area (Å²) in [4.78, 5) is 2.45. The molecule has 0 aromatic carbocycles. The zero-order valence-electron chi connectivity index (χ0n) is 13.5. The Balaban J connectivity index is 1.88. The predicted octanol–water partition coefficient (Wildman–Crippen LogP) is 0.377.